The summed E-state index contributed by atoms with van der Waals surface area (Å²) in [7, 11) is 0. The molecule has 6 nitrogen and oxygen atoms in total. The van der Waals surface area contributed by atoms with Gasteiger partial charge in [0.05, 0.1) is 13.2 Å². The van der Waals surface area contributed by atoms with E-state index in [1.165, 1.54) is 0 Å². The Kier molecular flexibility index (Phi) is 12.5. The van der Waals surface area contributed by atoms with Gasteiger partial charge in [0.25, 0.3) is 0 Å². The molecule has 0 unspecified atom stereocenters. The fraction of sp³-hybridized carbons (Fsp3) is 0.846. The number of carbonyl (C=O) groups excluding carboxylic acids is 2. The largest absolute Gasteiger partial charge is 0.380 e. The van der Waals surface area contributed by atoms with E-state index in [-0.39, 0.29) is 18.2 Å². The zero-order valence-electron chi connectivity index (χ0n) is 12.0. The van der Waals surface area contributed by atoms with Crippen LogP contribution in [0.15, 0.2) is 0 Å². The minimum atomic E-state index is -0.285. The van der Waals surface area contributed by atoms with Crippen molar-refractivity contribution in [2.75, 3.05) is 39.5 Å². The summed E-state index contributed by atoms with van der Waals surface area (Å²) >= 11 is 0. The molecule has 0 aliphatic heterocycles. The molecule has 6 heteroatoms. The maximum absolute atomic E-state index is 11.4. The van der Waals surface area contributed by atoms with Crippen LogP contribution < -0.4 is 10.6 Å². The first-order valence-corrected chi connectivity index (χ1v) is 6.89. The third kappa shape index (κ3) is 13.1. The van der Waals surface area contributed by atoms with E-state index in [1.54, 1.807) is 0 Å². The second-order valence-electron chi connectivity index (χ2n) is 4.10. The highest BCUT2D eigenvalue weighted by Crippen LogP contribution is 1.83. The monoisotopic (exact) mass is 274 g/mol. The van der Waals surface area contributed by atoms with E-state index in [4.69, 9.17) is 9.47 Å². The second kappa shape index (κ2) is 13.3. The molecule has 0 aliphatic rings. The van der Waals surface area contributed by atoms with Gasteiger partial charge in [0.1, 0.15) is 6.42 Å². The van der Waals surface area contributed by atoms with Gasteiger partial charge < -0.3 is 20.1 Å². The summed E-state index contributed by atoms with van der Waals surface area (Å²) in [6.07, 6.45) is 1.76. The van der Waals surface area contributed by atoms with Gasteiger partial charge in [-0.15, -0.1) is 0 Å². The molecule has 0 rings (SSSR count). The lowest BCUT2D eigenvalue weighted by Crippen LogP contribution is -2.34. The Morgan fingerprint density at radius 1 is 0.789 bits per heavy atom. The third-order valence-corrected chi connectivity index (χ3v) is 2.16. The average Bonchev–Trinajstić information content (AvgIpc) is 2.38. The number of amides is 2. The molecule has 2 amide bonds. The number of carbonyl (C=O) groups is 2. The molecule has 0 aliphatic carbocycles. The normalized spacial score (nSPS) is 10.2. The van der Waals surface area contributed by atoms with Gasteiger partial charge in [0.2, 0.25) is 11.8 Å². The van der Waals surface area contributed by atoms with Crippen molar-refractivity contribution in [2.24, 2.45) is 0 Å². The van der Waals surface area contributed by atoms with Crippen LogP contribution in [0.3, 0.4) is 0 Å². The van der Waals surface area contributed by atoms with Crippen LogP contribution in [-0.4, -0.2) is 51.3 Å². The molecule has 0 radical (unpaired) electrons. The van der Waals surface area contributed by atoms with E-state index in [0.717, 1.165) is 12.8 Å². The second-order valence-corrected chi connectivity index (χ2v) is 4.10. The van der Waals surface area contributed by atoms with Gasteiger partial charge >= 0.3 is 0 Å². The minimum absolute atomic E-state index is 0.151. The van der Waals surface area contributed by atoms with E-state index >= 15 is 0 Å². The summed E-state index contributed by atoms with van der Waals surface area (Å²) in [6, 6.07) is 0. The Hall–Kier alpha value is -1.14. The van der Waals surface area contributed by atoms with E-state index in [0.29, 0.717) is 39.5 Å². The first-order valence-electron chi connectivity index (χ1n) is 6.89. The average molecular weight is 274 g/mol. The standard InChI is InChI=1S/C13H26N2O4/c1-3-7-18-9-5-14-12(16)11-13(17)15-6-10-19-8-4-2/h3-11H2,1-2H3,(H,14,16)(H,15,17). The topological polar surface area (TPSA) is 76.7 Å². The summed E-state index contributed by atoms with van der Waals surface area (Å²) in [6.45, 7) is 7.25. The van der Waals surface area contributed by atoms with Gasteiger partial charge in [-0.2, -0.15) is 0 Å². The van der Waals surface area contributed by atoms with E-state index in [1.807, 2.05) is 13.8 Å². The zero-order valence-corrected chi connectivity index (χ0v) is 12.0. The van der Waals surface area contributed by atoms with Gasteiger partial charge in [0.15, 0.2) is 0 Å². The van der Waals surface area contributed by atoms with Crippen LogP contribution in [-0.2, 0) is 19.1 Å². The highest BCUT2D eigenvalue weighted by Gasteiger charge is 2.07. The first kappa shape index (κ1) is 17.9. The molecule has 0 aromatic rings. The molecule has 0 saturated heterocycles. The van der Waals surface area contributed by atoms with Crippen molar-refractivity contribution in [3.8, 4) is 0 Å². The number of hydrogen-bond donors (Lipinski definition) is 2. The number of rotatable bonds is 12. The lowest BCUT2D eigenvalue weighted by Gasteiger charge is -2.07. The number of hydrogen-bond acceptors (Lipinski definition) is 4. The highest BCUT2D eigenvalue weighted by atomic mass is 16.5. The summed E-state index contributed by atoms with van der Waals surface area (Å²) in [5, 5.41) is 5.25. The van der Waals surface area contributed by atoms with E-state index in [2.05, 4.69) is 10.6 Å². The Labute approximate surface area is 115 Å². The Bertz CT molecular complexity index is 223. The molecule has 19 heavy (non-hydrogen) atoms. The molecular formula is C13H26N2O4. The maximum Gasteiger partial charge on any atom is 0.229 e. The van der Waals surface area contributed by atoms with Crippen LogP contribution in [0, 0.1) is 0 Å². The first-order chi connectivity index (χ1) is 9.20. The lowest BCUT2D eigenvalue weighted by molar-refractivity contribution is -0.129. The Balaban J connectivity index is 3.40. The molecular weight excluding hydrogens is 248 g/mol. The summed E-state index contributed by atoms with van der Waals surface area (Å²) in [5.74, 6) is -0.570. The van der Waals surface area contributed by atoms with Crippen molar-refractivity contribution in [1.82, 2.24) is 10.6 Å². The number of ether oxygens (including phenoxy) is 2. The zero-order chi connectivity index (χ0) is 14.3. The maximum atomic E-state index is 11.4. The molecule has 0 atom stereocenters. The van der Waals surface area contributed by atoms with Crippen molar-refractivity contribution >= 4 is 11.8 Å². The highest BCUT2D eigenvalue weighted by molar-refractivity contribution is 5.96. The van der Waals surface area contributed by atoms with Crippen LogP contribution >= 0.6 is 0 Å². The van der Waals surface area contributed by atoms with Crippen LogP contribution in [0.2, 0.25) is 0 Å². The van der Waals surface area contributed by atoms with Crippen molar-refractivity contribution in [2.45, 2.75) is 33.1 Å². The Morgan fingerprint density at radius 2 is 1.21 bits per heavy atom. The molecule has 0 aromatic heterocycles. The summed E-state index contributed by atoms with van der Waals surface area (Å²) in [5.41, 5.74) is 0. The molecule has 0 bridgehead atoms. The molecule has 0 fully saturated rings. The molecule has 2 N–H and O–H groups in total. The van der Waals surface area contributed by atoms with Gasteiger partial charge in [0, 0.05) is 26.3 Å². The Morgan fingerprint density at radius 3 is 1.58 bits per heavy atom. The minimum Gasteiger partial charge on any atom is -0.380 e. The van der Waals surface area contributed by atoms with Crippen molar-refractivity contribution < 1.29 is 19.1 Å². The quantitative estimate of drug-likeness (QED) is 0.400. The van der Waals surface area contributed by atoms with Crippen LogP contribution in [0.4, 0.5) is 0 Å². The molecule has 112 valence electrons. The van der Waals surface area contributed by atoms with Crippen LogP contribution in [0.1, 0.15) is 33.1 Å². The smallest absolute Gasteiger partial charge is 0.229 e. The van der Waals surface area contributed by atoms with Gasteiger partial charge in [-0.25, -0.2) is 0 Å². The third-order valence-electron chi connectivity index (χ3n) is 2.16. The predicted molar refractivity (Wildman–Crippen MR) is 72.9 cm³/mol. The van der Waals surface area contributed by atoms with Crippen LogP contribution in [0.5, 0.6) is 0 Å². The summed E-state index contributed by atoms with van der Waals surface area (Å²) < 4.78 is 10.4. The van der Waals surface area contributed by atoms with Gasteiger partial charge in [-0.05, 0) is 12.8 Å². The molecule has 0 saturated carbocycles. The number of nitrogens with one attached hydrogen (secondary N) is 2. The lowest BCUT2D eigenvalue weighted by atomic mass is 10.3. The van der Waals surface area contributed by atoms with E-state index in [9.17, 15) is 9.59 Å². The van der Waals surface area contributed by atoms with E-state index < -0.39 is 0 Å². The SMILES string of the molecule is CCCOCCNC(=O)CC(=O)NCCOCCC. The van der Waals surface area contributed by atoms with Gasteiger partial charge in [-0.1, -0.05) is 13.8 Å². The van der Waals surface area contributed by atoms with Crippen LogP contribution in [0.25, 0.3) is 0 Å². The predicted octanol–water partition coefficient (Wildman–Crippen LogP) is 0.462. The van der Waals surface area contributed by atoms with Crippen molar-refractivity contribution in [3.63, 3.8) is 0 Å². The molecule has 0 heterocycles. The fourth-order valence-electron chi connectivity index (χ4n) is 1.29. The van der Waals surface area contributed by atoms with Crippen molar-refractivity contribution in [3.05, 3.63) is 0 Å². The van der Waals surface area contributed by atoms with Gasteiger partial charge in [-0.3, -0.25) is 9.59 Å². The summed E-state index contributed by atoms with van der Waals surface area (Å²) in [4.78, 5) is 22.7. The van der Waals surface area contributed by atoms with Crippen molar-refractivity contribution in [1.29, 1.82) is 0 Å². The molecule has 0 spiro atoms. The molecule has 0 aromatic carbocycles. The fourth-order valence-corrected chi connectivity index (χ4v) is 1.29.